The molecule has 0 aliphatic heterocycles. The van der Waals surface area contributed by atoms with Gasteiger partial charge in [-0.3, -0.25) is 0 Å². The number of rotatable bonds is 2. The minimum atomic E-state index is 0.847. The average Bonchev–Trinajstić information content (AvgIpc) is 2.46. The van der Waals surface area contributed by atoms with Crippen LogP contribution in [0.3, 0.4) is 0 Å². The molecule has 1 heteroatoms. The van der Waals surface area contributed by atoms with Crippen LogP contribution in [0.2, 0.25) is 0 Å². The molecule has 0 nitrogen and oxygen atoms in total. The maximum Gasteiger partial charge on any atom is 0.0229 e. The first-order valence-corrected chi connectivity index (χ1v) is 5.26. The van der Waals surface area contributed by atoms with Gasteiger partial charge in [-0.1, -0.05) is 32.9 Å². The van der Waals surface area contributed by atoms with Crippen molar-refractivity contribution in [1.82, 2.24) is 0 Å². The first kappa shape index (κ1) is 10.1. The lowest BCUT2D eigenvalue weighted by Crippen LogP contribution is -1.91. The van der Waals surface area contributed by atoms with E-state index >= 15 is 0 Å². The summed E-state index contributed by atoms with van der Waals surface area (Å²) in [6.45, 7) is 6.22. The minimum Gasteiger partial charge on any atom is -0.155 e. The summed E-state index contributed by atoms with van der Waals surface area (Å²) in [6.07, 6.45) is 7.29. The summed E-state index contributed by atoms with van der Waals surface area (Å²) in [5, 5.41) is 0.847. The van der Waals surface area contributed by atoms with Gasteiger partial charge in [0.25, 0.3) is 0 Å². The van der Waals surface area contributed by atoms with Crippen molar-refractivity contribution in [3.8, 4) is 0 Å². The standard InChI is InChI=1S/C7H12S.C2H6/c1-2-8-7-5-3-4-6-7;1-2/h3,5,7H,2,4,6H2,1H3;1-2H3. The molecule has 0 aromatic rings. The minimum absolute atomic E-state index is 0.847. The fraction of sp³-hybridized carbons (Fsp3) is 0.778. The molecule has 0 aromatic heterocycles. The summed E-state index contributed by atoms with van der Waals surface area (Å²) < 4.78 is 0. The van der Waals surface area contributed by atoms with Crippen LogP contribution in [0.25, 0.3) is 0 Å². The zero-order chi connectivity index (χ0) is 7.82. The highest BCUT2D eigenvalue weighted by atomic mass is 32.2. The smallest absolute Gasteiger partial charge is 0.0229 e. The summed E-state index contributed by atoms with van der Waals surface area (Å²) in [5.74, 6) is 1.26. The van der Waals surface area contributed by atoms with Gasteiger partial charge in [0.1, 0.15) is 0 Å². The molecule has 0 saturated carbocycles. The van der Waals surface area contributed by atoms with Crippen LogP contribution < -0.4 is 0 Å². The maximum atomic E-state index is 2.33. The molecule has 10 heavy (non-hydrogen) atoms. The molecule has 0 amide bonds. The SMILES string of the molecule is CC.CCSC1C=CCC1. The molecular formula is C9H18S. The molecule has 1 atom stereocenters. The van der Waals surface area contributed by atoms with Gasteiger partial charge in [0.05, 0.1) is 0 Å². The molecule has 60 valence electrons. The number of hydrogen-bond donors (Lipinski definition) is 0. The Bertz CT molecular complexity index is 86.7. The Morgan fingerprint density at radius 1 is 1.50 bits per heavy atom. The second kappa shape index (κ2) is 7.20. The molecule has 0 fully saturated rings. The number of hydrogen-bond acceptors (Lipinski definition) is 1. The second-order valence-corrected chi connectivity index (χ2v) is 3.52. The van der Waals surface area contributed by atoms with Crippen molar-refractivity contribution in [3.05, 3.63) is 12.2 Å². The zero-order valence-corrected chi connectivity index (χ0v) is 8.08. The van der Waals surface area contributed by atoms with Gasteiger partial charge in [0.2, 0.25) is 0 Å². The number of thioether (sulfide) groups is 1. The van der Waals surface area contributed by atoms with Crippen LogP contribution in [0.5, 0.6) is 0 Å². The molecule has 0 spiro atoms. The van der Waals surface area contributed by atoms with Crippen LogP contribution in [0.1, 0.15) is 33.6 Å². The third-order valence-corrected chi connectivity index (χ3v) is 2.50. The predicted octanol–water partition coefficient (Wildman–Crippen LogP) is 3.48. The number of allylic oxidation sites excluding steroid dienone is 1. The summed E-state index contributed by atoms with van der Waals surface area (Å²) in [5.41, 5.74) is 0. The van der Waals surface area contributed by atoms with Crippen LogP contribution in [-0.4, -0.2) is 11.0 Å². The lowest BCUT2D eigenvalue weighted by Gasteiger charge is -2.01. The Morgan fingerprint density at radius 3 is 2.60 bits per heavy atom. The van der Waals surface area contributed by atoms with Crippen LogP contribution >= 0.6 is 11.8 Å². The van der Waals surface area contributed by atoms with E-state index in [1.807, 2.05) is 13.8 Å². The Morgan fingerprint density at radius 2 is 2.20 bits per heavy atom. The molecule has 0 N–H and O–H groups in total. The fourth-order valence-electron chi connectivity index (χ4n) is 0.958. The van der Waals surface area contributed by atoms with Crippen LogP contribution in [0.4, 0.5) is 0 Å². The van der Waals surface area contributed by atoms with E-state index in [0.717, 1.165) is 5.25 Å². The Kier molecular flexibility index (Phi) is 7.26. The molecular weight excluding hydrogens is 140 g/mol. The van der Waals surface area contributed by atoms with Crippen molar-refractivity contribution in [2.24, 2.45) is 0 Å². The van der Waals surface area contributed by atoms with Gasteiger partial charge >= 0.3 is 0 Å². The molecule has 1 aliphatic carbocycles. The molecule has 0 radical (unpaired) electrons. The van der Waals surface area contributed by atoms with Crippen molar-refractivity contribution >= 4 is 11.8 Å². The van der Waals surface area contributed by atoms with E-state index < -0.39 is 0 Å². The van der Waals surface area contributed by atoms with Gasteiger partial charge in [-0.25, -0.2) is 0 Å². The van der Waals surface area contributed by atoms with E-state index in [-0.39, 0.29) is 0 Å². The van der Waals surface area contributed by atoms with Gasteiger partial charge in [-0.2, -0.15) is 11.8 Å². The van der Waals surface area contributed by atoms with Crippen LogP contribution in [0.15, 0.2) is 12.2 Å². The average molecular weight is 158 g/mol. The van der Waals surface area contributed by atoms with Crippen LogP contribution in [-0.2, 0) is 0 Å². The van der Waals surface area contributed by atoms with Gasteiger partial charge < -0.3 is 0 Å². The van der Waals surface area contributed by atoms with E-state index in [2.05, 4.69) is 30.8 Å². The summed E-state index contributed by atoms with van der Waals surface area (Å²) in [7, 11) is 0. The van der Waals surface area contributed by atoms with Crippen molar-refractivity contribution in [2.45, 2.75) is 38.9 Å². The highest BCUT2D eigenvalue weighted by molar-refractivity contribution is 8.00. The summed E-state index contributed by atoms with van der Waals surface area (Å²) in [6, 6.07) is 0. The molecule has 1 aliphatic rings. The Balaban J connectivity index is 0.000000371. The monoisotopic (exact) mass is 158 g/mol. The first-order chi connectivity index (χ1) is 4.93. The summed E-state index contributed by atoms with van der Waals surface area (Å²) >= 11 is 2.05. The van der Waals surface area contributed by atoms with Crippen molar-refractivity contribution in [1.29, 1.82) is 0 Å². The maximum absolute atomic E-state index is 2.33. The highest BCUT2D eigenvalue weighted by Crippen LogP contribution is 2.22. The fourth-order valence-corrected chi connectivity index (χ4v) is 1.91. The molecule has 0 bridgehead atoms. The molecule has 0 saturated heterocycles. The van der Waals surface area contributed by atoms with Gasteiger partial charge in [0.15, 0.2) is 0 Å². The largest absolute Gasteiger partial charge is 0.155 e. The predicted molar refractivity (Wildman–Crippen MR) is 51.6 cm³/mol. The quantitative estimate of drug-likeness (QED) is 0.554. The first-order valence-electron chi connectivity index (χ1n) is 4.21. The molecule has 1 rings (SSSR count). The van der Waals surface area contributed by atoms with Gasteiger partial charge in [-0.05, 0) is 18.6 Å². The van der Waals surface area contributed by atoms with Crippen molar-refractivity contribution in [3.63, 3.8) is 0 Å². The topological polar surface area (TPSA) is 0 Å². The highest BCUT2D eigenvalue weighted by Gasteiger charge is 2.06. The Labute approximate surface area is 69.1 Å². The molecule has 0 aromatic carbocycles. The van der Waals surface area contributed by atoms with Crippen molar-refractivity contribution < 1.29 is 0 Å². The van der Waals surface area contributed by atoms with E-state index in [4.69, 9.17) is 0 Å². The van der Waals surface area contributed by atoms with E-state index in [9.17, 15) is 0 Å². The normalized spacial score (nSPS) is 22.1. The molecule has 0 heterocycles. The third kappa shape index (κ3) is 3.99. The van der Waals surface area contributed by atoms with Gasteiger partial charge in [0, 0.05) is 5.25 Å². The third-order valence-electron chi connectivity index (χ3n) is 1.35. The summed E-state index contributed by atoms with van der Waals surface area (Å²) in [4.78, 5) is 0. The van der Waals surface area contributed by atoms with Gasteiger partial charge in [-0.15, -0.1) is 0 Å². The van der Waals surface area contributed by atoms with Crippen LogP contribution in [0, 0.1) is 0 Å². The zero-order valence-electron chi connectivity index (χ0n) is 7.26. The van der Waals surface area contributed by atoms with E-state index in [1.165, 1.54) is 18.6 Å². The lowest BCUT2D eigenvalue weighted by molar-refractivity contribution is 0.944. The molecule has 1 unspecified atom stereocenters. The second-order valence-electron chi connectivity index (χ2n) is 2.00. The van der Waals surface area contributed by atoms with Crippen molar-refractivity contribution in [2.75, 3.05) is 5.75 Å². The van der Waals surface area contributed by atoms with E-state index in [1.54, 1.807) is 0 Å². The van der Waals surface area contributed by atoms with E-state index in [0.29, 0.717) is 0 Å². The lowest BCUT2D eigenvalue weighted by atomic mass is 10.4. The Hall–Kier alpha value is 0.0900.